The van der Waals surface area contributed by atoms with Crippen molar-refractivity contribution in [2.75, 3.05) is 19.9 Å². The zero-order chi connectivity index (χ0) is 20.4. The van der Waals surface area contributed by atoms with Crippen molar-refractivity contribution in [1.29, 1.82) is 0 Å². The number of likely N-dealkylation sites (tertiary alicyclic amines) is 1. The summed E-state index contributed by atoms with van der Waals surface area (Å²) in [6.45, 7) is 2.71. The van der Waals surface area contributed by atoms with Gasteiger partial charge in [0.2, 0.25) is 12.7 Å². The molecule has 1 saturated heterocycles. The van der Waals surface area contributed by atoms with Crippen molar-refractivity contribution in [3.05, 3.63) is 41.0 Å². The largest absolute Gasteiger partial charge is 0.504 e. The predicted molar refractivity (Wildman–Crippen MR) is 99.4 cm³/mol. The van der Waals surface area contributed by atoms with Crippen LogP contribution in [0.2, 0.25) is 0 Å². The van der Waals surface area contributed by atoms with E-state index in [-0.39, 0.29) is 18.5 Å². The molecule has 1 amide bonds. The van der Waals surface area contributed by atoms with Gasteiger partial charge in [-0.1, -0.05) is 0 Å². The van der Waals surface area contributed by atoms with Gasteiger partial charge in [-0.05, 0) is 42.3 Å². The van der Waals surface area contributed by atoms with E-state index in [2.05, 4.69) is 0 Å². The summed E-state index contributed by atoms with van der Waals surface area (Å²) in [5.74, 6) is -2.74. The topological polar surface area (TPSA) is 117 Å². The van der Waals surface area contributed by atoms with Crippen LogP contribution in [-0.2, 0) is 4.79 Å². The van der Waals surface area contributed by atoms with E-state index in [1.807, 2.05) is 6.92 Å². The first-order chi connectivity index (χ1) is 13.9. The van der Waals surface area contributed by atoms with Crippen LogP contribution in [0.1, 0.15) is 34.3 Å². The maximum absolute atomic E-state index is 13.3. The first-order valence-corrected chi connectivity index (χ1v) is 9.42. The smallest absolute Gasteiger partial charge is 0.231 e. The van der Waals surface area contributed by atoms with Crippen LogP contribution in [0.15, 0.2) is 24.3 Å². The number of ether oxygens (including phenoxy) is 2. The Hall–Kier alpha value is -3.42. The van der Waals surface area contributed by atoms with Gasteiger partial charge in [0.25, 0.3) is 0 Å². The summed E-state index contributed by atoms with van der Waals surface area (Å²) in [6, 6.07) is 5.98. The lowest BCUT2D eigenvalue weighted by atomic mass is 9.67. The highest BCUT2D eigenvalue weighted by atomic mass is 16.7. The number of benzene rings is 2. The molecule has 2 aliphatic heterocycles. The number of ketones is 1. The number of phenolic OH excluding ortho intramolecular Hbond substituents is 3. The molecule has 3 atom stereocenters. The Balaban J connectivity index is 1.75. The summed E-state index contributed by atoms with van der Waals surface area (Å²) in [5, 5.41) is 29.9. The number of phenols is 3. The van der Waals surface area contributed by atoms with Gasteiger partial charge in [-0.15, -0.1) is 0 Å². The molecular weight excluding hydrogens is 378 g/mol. The Bertz CT molecular complexity index is 1040. The lowest BCUT2D eigenvalue weighted by Crippen LogP contribution is -2.36. The fourth-order valence-corrected chi connectivity index (χ4v) is 4.74. The summed E-state index contributed by atoms with van der Waals surface area (Å²) in [5.41, 5.74) is 1.46. The molecule has 2 heterocycles. The van der Waals surface area contributed by atoms with Gasteiger partial charge in [-0.3, -0.25) is 9.59 Å². The van der Waals surface area contributed by atoms with Crippen LogP contribution in [0.4, 0.5) is 0 Å². The number of rotatable bonds is 2. The molecule has 8 nitrogen and oxygen atoms in total. The minimum atomic E-state index is -0.668. The number of carbonyl (C=O) groups is 2. The highest BCUT2D eigenvalue weighted by molar-refractivity contribution is 6.06. The van der Waals surface area contributed by atoms with E-state index in [9.17, 15) is 24.9 Å². The van der Waals surface area contributed by atoms with E-state index in [1.54, 1.807) is 17.0 Å². The predicted octanol–water partition coefficient (Wildman–Crippen LogP) is 1.95. The van der Waals surface area contributed by atoms with Crippen LogP contribution < -0.4 is 9.47 Å². The molecular formula is C21H19NO7. The van der Waals surface area contributed by atoms with Gasteiger partial charge < -0.3 is 29.7 Å². The number of Topliss-reactive ketones (excluding diaryl/α,β-unsaturated/α-hetero) is 1. The van der Waals surface area contributed by atoms with Crippen molar-refractivity contribution >= 4 is 11.7 Å². The number of carbonyl (C=O) groups excluding carboxylic acids is 2. The second-order valence-corrected chi connectivity index (χ2v) is 7.55. The molecule has 3 aliphatic rings. The second kappa shape index (κ2) is 6.04. The Morgan fingerprint density at radius 2 is 1.69 bits per heavy atom. The number of hydrogen-bond donors (Lipinski definition) is 3. The Morgan fingerprint density at radius 3 is 2.34 bits per heavy atom. The van der Waals surface area contributed by atoms with E-state index in [0.717, 1.165) is 0 Å². The standard InChI is InChI=1S/C21H19NO7/c1-2-22-7-12-18(21(22)27)17(9-3-13(23)20(26)14(24)4-9)10-5-15-16(29-8-28-15)6-11(10)19(12)25/h3-6,12,17-18,23-24,26H,2,7-8H2,1H3/t12-,17+,18+/m0/s1. The minimum Gasteiger partial charge on any atom is -0.504 e. The van der Waals surface area contributed by atoms with Gasteiger partial charge in [-0.25, -0.2) is 0 Å². The number of nitrogens with zero attached hydrogens (tertiary/aromatic N) is 1. The third-order valence-electron chi connectivity index (χ3n) is 6.12. The van der Waals surface area contributed by atoms with Crippen molar-refractivity contribution < 1.29 is 34.4 Å². The van der Waals surface area contributed by atoms with Gasteiger partial charge in [0, 0.05) is 24.6 Å². The molecule has 3 N–H and O–H groups in total. The maximum atomic E-state index is 13.3. The molecule has 29 heavy (non-hydrogen) atoms. The SMILES string of the molecule is CCN1C[C@@H]2C(=O)c3cc4c(cc3[C@@H](c3cc(O)c(O)c(O)c3)[C@@H]2C1=O)OCO4. The van der Waals surface area contributed by atoms with E-state index in [1.165, 1.54) is 12.1 Å². The van der Waals surface area contributed by atoms with E-state index >= 15 is 0 Å². The normalized spacial score (nSPS) is 24.6. The third kappa shape index (κ3) is 2.38. The average Bonchev–Trinajstić information content (AvgIpc) is 3.29. The molecule has 0 bridgehead atoms. The Kier molecular flexibility index (Phi) is 3.68. The molecule has 0 saturated carbocycles. The third-order valence-corrected chi connectivity index (χ3v) is 6.12. The fraction of sp³-hybridized carbons (Fsp3) is 0.333. The highest BCUT2D eigenvalue weighted by Crippen LogP contribution is 2.52. The second-order valence-electron chi connectivity index (χ2n) is 7.55. The van der Waals surface area contributed by atoms with Crippen LogP contribution >= 0.6 is 0 Å². The average molecular weight is 397 g/mol. The Morgan fingerprint density at radius 1 is 1.03 bits per heavy atom. The van der Waals surface area contributed by atoms with Gasteiger partial charge >= 0.3 is 0 Å². The van der Waals surface area contributed by atoms with Crippen LogP contribution in [0, 0.1) is 11.8 Å². The van der Waals surface area contributed by atoms with Gasteiger partial charge in [0.05, 0.1) is 11.8 Å². The summed E-state index contributed by atoms with van der Waals surface area (Å²) in [4.78, 5) is 28.0. The Labute approximate surface area is 165 Å². The molecule has 2 aromatic rings. The summed E-state index contributed by atoms with van der Waals surface area (Å²) in [7, 11) is 0. The monoisotopic (exact) mass is 397 g/mol. The quantitative estimate of drug-likeness (QED) is 0.663. The first-order valence-electron chi connectivity index (χ1n) is 9.42. The lowest BCUT2D eigenvalue weighted by molar-refractivity contribution is -0.131. The van der Waals surface area contributed by atoms with Crippen molar-refractivity contribution in [1.82, 2.24) is 4.90 Å². The molecule has 0 radical (unpaired) electrons. The van der Waals surface area contributed by atoms with E-state index < -0.39 is 35.0 Å². The van der Waals surface area contributed by atoms with Gasteiger partial charge in [-0.2, -0.15) is 0 Å². The zero-order valence-corrected chi connectivity index (χ0v) is 15.6. The molecule has 150 valence electrons. The number of amides is 1. The van der Waals surface area contributed by atoms with Crippen LogP contribution in [0.5, 0.6) is 28.7 Å². The van der Waals surface area contributed by atoms with Gasteiger partial charge in [0.15, 0.2) is 34.5 Å². The molecule has 8 heteroatoms. The lowest BCUT2D eigenvalue weighted by Gasteiger charge is -2.33. The van der Waals surface area contributed by atoms with E-state index in [4.69, 9.17) is 9.47 Å². The maximum Gasteiger partial charge on any atom is 0.231 e. The number of fused-ring (bicyclic) bond motifs is 3. The van der Waals surface area contributed by atoms with Crippen molar-refractivity contribution in [2.45, 2.75) is 12.8 Å². The van der Waals surface area contributed by atoms with Gasteiger partial charge in [0.1, 0.15) is 0 Å². The molecule has 0 spiro atoms. The molecule has 1 fully saturated rings. The summed E-state index contributed by atoms with van der Waals surface area (Å²) >= 11 is 0. The zero-order valence-electron chi connectivity index (χ0n) is 15.6. The molecule has 2 aromatic carbocycles. The number of hydrogen-bond acceptors (Lipinski definition) is 7. The van der Waals surface area contributed by atoms with Crippen molar-refractivity contribution in [3.63, 3.8) is 0 Å². The summed E-state index contributed by atoms with van der Waals surface area (Å²) < 4.78 is 10.9. The van der Waals surface area contributed by atoms with E-state index in [0.29, 0.717) is 41.3 Å². The highest BCUT2D eigenvalue weighted by Gasteiger charge is 2.53. The fourth-order valence-electron chi connectivity index (χ4n) is 4.74. The van der Waals surface area contributed by atoms with Crippen LogP contribution in [0.3, 0.4) is 0 Å². The molecule has 0 aromatic heterocycles. The summed E-state index contributed by atoms with van der Waals surface area (Å²) in [6.07, 6.45) is 0. The molecule has 0 unspecified atom stereocenters. The molecule has 5 rings (SSSR count). The van der Waals surface area contributed by atoms with Crippen LogP contribution in [-0.4, -0.2) is 51.8 Å². The van der Waals surface area contributed by atoms with Crippen molar-refractivity contribution in [3.8, 4) is 28.7 Å². The minimum absolute atomic E-state index is 0.0489. The van der Waals surface area contributed by atoms with Crippen LogP contribution in [0.25, 0.3) is 0 Å². The van der Waals surface area contributed by atoms with Crippen molar-refractivity contribution in [2.24, 2.45) is 11.8 Å². The first kappa shape index (κ1) is 17.7. The number of aromatic hydroxyl groups is 3. The molecule has 1 aliphatic carbocycles.